The predicted octanol–water partition coefficient (Wildman–Crippen LogP) is 1.54. The number of ether oxygens (including phenoxy) is 2. The Morgan fingerprint density at radius 1 is 1.21 bits per heavy atom. The number of nitrogens with one attached hydrogen (secondary N) is 1. The summed E-state index contributed by atoms with van der Waals surface area (Å²) >= 11 is 0. The van der Waals surface area contributed by atoms with E-state index in [1.165, 1.54) is 0 Å². The van der Waals surface area contributed by atoms with Crippen LogP contribution in [0, 0.1) is 0 Å². The second-order valence-corrected chi connectivity index (χ2v) is 2.95. The molecule has 1 radical (unpaired) electrons. The van der Waals surface area contributed by atoms with E-state index in [2.05, 4.69) is 0 Å². The molecule has 0 unspecified atom stereocenters. The Labute approximate surface area is 84.8 Å². The zero-order valence-electron chi connectivity index (χ0n) is 8.45. The maximum Gasteiger partial charge on any atom is 0.122 e. The molecule has 0 atom stereocenters. The number of rotatable bonds is 6. The minimum Gasteiger partial charge on any atom is -0.491 e. The lowest BCUT2D eigenvalue weighted by molar-refractivity contribution is 0.146. The maximum atomic E-state index is 7.17. The minimum absolute atomic E-state index is 0.394. The third kappa shape index (κ3) is 3.36. The van der Waals surface area contributed by atoms with Crippen LogP contribution >= 0.6 is 0 Å². The van der Waals surface area contributed by atoms with Gasteiger partial charge in [0.25, 0.3) is 0 Å². The second-order valence-electron chi connectivity index (χ2n) is 2.95. The SMILES string of the molecule is COCCOc1ccccc1CC[NH]. The van der Waals surface area contributed by atoms with Gasteiger partial charge >= 0.3 is 0 Å². The molecule has 1 aromatic carbocycles. The lowest BCUT2D eigenvalue weighted by Crippen LogP contribution is -2.06. The molecule has 0 saturated heterocycles. The summed E-state index contributed by atoms with van der Waals surface area (Å²) in [4.78, 5) is 0. The zero-order valence-corrected chi connectivity index (χ0v) is 8.45. The van der Waals surface area contributed by atoms with E-state index in [1.54, 1.807) is 7.11 Å². The minimum atomic E-state index is 0.394. The van der Waals surface area contributed by atoms with Gasteiger partial charge in [-0.25, -0.2) is 0 Å². The van der Waals surface area contributed by atoms with Crippen molar-refractivity contribution in [2.24, 2.45) is 0 Å². The molecule has 0 aliphatic heterocycles. The van der Waals surface area contributed by atoms with Gasteiger partial charge in [0.05, 0.1) is 6.61 Å². The van der Waals surface area contributed by atoms with Gasteiger partial charge in [-0.1, -0.05) is 18.2 Å². The number of methoxy groups -OCH3 is 1. The number of benzene rings is 1. The third-order valence-electron chi connectivity index (χ3n) is 1.91. The van der Waals surface area contributed by atoms with Crippen molar-refractivity contribution in [1.82, 2.24) is 5.73 Å². The fraction of sp³-hybridized carbons (Fsp3) is 0.455. The van der Waals surface area contributed by atoms with Crippen LogP contribution in [0.1, 0.15) is 5.56 Å². The molecule has 3 heteroatoms. The molecule has 3 nitrogen and oxygen atoms in total. The average molecular weight is 194 g/mol. The fourth-order valence-corrected chi connectivity index (χ4v) is 1.22. The molecule has 77 valence electrons. The van der Waals surface area contributed by atoms with Crippen LogP contribution in [0.3, 0.4) is 0 Å². The normalized spacial score (nSPS) is 10.1. The fourth-order valence-electron chi connectivity index (χ4n) is 1.22. The molecule has 0 amide bonds. The standard InChI is InChI=1S/C11H16NO2/c1-13-8-9-14-11-5-3-2-4-10(11)6-7-12/h2-5,12H,6-9H2,1H3. The van der Waals surface area contributed by atoms with Gasteiger partial charge in [-0.3, -0.25) is 5.73 Å². The van der Waals surface area contributed by atoms with Gasteiger partial charge in [-0.2, -0.15) is 0 Å². The molecule has 1 N–H and O–H groups in total. The molecular formula is C11H16NO2. The Morgan fingerprint density at radius 3 is 2.71 bits per heavy atom. The van der Waals surface area contributed by atoms with E-state index >= 15 is 0 Å². The van der Waals surface area contributed by atoms with Gasteiger partial charge in [0, 0.05) is 13.7 Å². The van der Waals surface area contributed by atoms with Crippen molar-refractivity contribution >= 4 is 0 Å². The molecule has 0 aromatic heterocycles. The molecule has 1 rings (SSSR count). The Morgan fingerprint density at radius 2 is 2.00 bits per heavy atom. The zero-order chi connectivity index (χ0) is 10.2. The Hall–Kier alpha value is -1.06. The van der Waals surface area contributed by atoms with Crippen LogP contribution in [0.25, 0.3) is 0 Å². The van der Waals surface area contributed by atoms with Gasteiger partial charge in [0.2, 0.25) is 0 Å². The van der Waals surface area contributed by atoms with Crippen LogP contribution in [-0.2, 0) is 11.2 Å². The summed E-state index contributed by atoms with van der Waals surface area (Å²) < 4.78 is 10.4. The van der Waals surface area contributed by atoms with E-state index in [0.29, 0.717) is 19.8 Å². The van der Waals surface area contributed by atoms with Crippen LogP contribution in [-0.4, -0.2) is 26.9 Å². The first kappa shape index (κ1) is 11.0. The largest absolute Gasteiger partial charge is 0.491 e. The summed E-state index contributed by atoms with van der Waals surface area (Å²) in [5.74, 6) is 0.872. The first-order valence-corrected chi connectivity index (χ1v) is 4.72. The quantitative estimate of drug-likeness (QED) is 0.644. The average Bonchev–Trinajstić information content (AvgIpc) is 2.21. The molecule has 0 heterocycles. The molecule has 0 saturated carbocycles. The van der Waals surface area contributed by atoms with Crippen molar-refractivity contribution in [3.05, 3.63) is 29.8 Å². The van der Waals surface area contributed by atoms with Crippen LogP contribution in [0.4, 0.5) is 0 Å². The van der Waals surface area contributed by atoms with E-state index in [9.17, 15) is 0 Å². The van der Waals surface area contributed by atoms with Gasteiger partial charge in [0.1, 0.15) is 12.4 Å². The summed E-state index contributed by atoms with van der Waals surface area (Å²) in [6.45, 7) is 1.55. The highest BCUT2D eigenvalue weighted by Crippen LogP contribution is 2.17. The molecule has 1 aromatic rings. The topological polar surface area (TPSA) is 42.3 Å². The van der Waals surface area contributed by atoms with Crippen molar-refractivity contribution in [1.29, 1.82) is 0 Å². The van der Waals surface area contributed by atoms with Crippen LogP contribution in [0.5, 0.6) is 5.75 Å². The predicted molar refractivity (Wildman–Crippen MR) is 55.5 cm³/mol. The number of para-hydroxylation sites is 1. The number of hydrogen-bond acceptors (Lipinski definition) is 2. The van der Waals surface area contributed by atoms with E-state index in [-0.39, 0.29) is 0 Å². The summed E-state index contributed by atoms with van der Waals surface area (Å²) in [6.07, 6.45) is 0.739. The summed E-state index contributed by atoms with van der Waals surface area (Å²) in [5, 5.41) is 0. The lowest BCUT2D eigenvalue weighted by Gasteiger charge is -2.09. The Balaban J connectivity index is 2.55. The second kappa shape index (κ2) is 6.40. The van der Waals surface area contributed by atoms with Crippen LogP contribution in [0.15, 0.2) is 24.3 Å². The van der Waals surface area contributed by atoms with Gasteiger partial charge in [0.15, 0.2) is 0 Å². The van der Waals surface area contributed by atoms with Crippen molar-refractivity contribution < 1.29 is 9.47 Å². The highest BCUT2D eigenvalue weighted by Gasteiger charge is 2.00. The summed E-state index contributed by atoms with van der Waals surface area (Å²) in [5.41, 5.74) is 8.27. The summed E-state index contributed by atoms with van der Waals surface area (Å²) in [7, 11) is 1.65. The Bertz CT molecular complexity index is 263. The van der Waals surface area contributed by atoms with Crippen molar-refractivity contribution in [2.45, 2.75) is 6.42 Å². The smallest absolute Gasteiger partial charge is 0.122 e. The first-order chi connectivity index (χ1) is 6.88. The third-order valence-corrected chi connectivity index (χ3v) is 1.91. The van der Waals surface area contributed by atoms with Crippen LogP contribution < -0.4 is 10.5 Å². The molecule has 14 heavy (non-hydrogen) atoms. The molecular weight excluding hydrogens is 178 g/mol. The van der Waals surface area contributed by atoms with Crippen molar-refractivity contribution in [3.63, 3.8) is 0 Å². The van der Waals surface area contributed by atoms with Gasteiger partial charge in [-0.05, 0) is 18.1 Å². The van der Waals surface area contributed by atoms with Crippen molar-refractivity contribution in [2.75, 3.05) is 26.9 Å². The molecule has 0 fully saturated rings. The van der Waals surface area contributed by atoms with Crippen LogP contribution in [0.2, 0.25) is 0 Å². The maximum absolute atomic E-state index is 7.17. The van der Waals surface area contributed by atoms with Crippen molar-refractivity contribution in [3.8, 4) is 5.75 Å². The van der Waals surface area contributed by atoms with E-state index in [0.717, 1.165) is 17.7 Å². The monoisotopic (exact) mass is 194 g/mol. The molecule has 0 aliphatic rings. The molecule has 0 aliphatic carbocycles. The summed E-state index contributed by atoms with van der Waals surface area (Å²) in [6, 6.07) is 7.83. The van der Waals surface area contributed by atoms with E-state index in [1.807, 2.05) is 24.3 Å². The highest BCUT2D eigenvalue weighted by molar-refractivity contribution is 5.33. The van der Waals surface area contributed by atoms with E-state index < -0.39 is 0 Å². The molecule has 0 bridgehead atoms. The molecule has 0 spiro atoms. The van der Waals surface area contributed by atoms with Gasteiger partial charge in [-0.15, -0.1) is 0 Å². The van der Waals surface area contributed by atoms with Gasteiger partial charge < -0.3 is 9.47 Å². The van der Waals surface area contributed by atoms with E-state index in [4.69, 9.17) is 15.2 Å². The lowest BCUT2D eigenvalue weighted by atomic mass is 10.1. The Kier molecular flexibility index (Phi) is 5.04. The highest BCUT2D eigenvalue weighted by atomic mass is 16.5. The number of hydrogen-bond donors (Lipinski definition) is 0. The first-order valence-electron chi connectivity index (χ1n) is 4.72.